The summed E-state index contributed by atoms with van der Waals surface area (Å²) in [5.41, 5.74) is 1.57. The van der Waals surface area contributed by atoms with E-state index < -0.39 is 0 Å². The molecule has 0 aliphatic carbocycles. The summed E-state index contributed by atoms with van der Waals surface area (Å²) in [4.78, 5) is 11.6. The van der Waals surface area contributed by atoms with Gasteiger partial charge in [0.1, 0.15) is 0 Å². The van der Waals surface area contributed by atoms with E-state index in [1.165, 1.54) is 0 Å². The first-order chi connectivity index (χ1) is 6.91. The van der Waals surface area contributed by atoms with Crippen LogP contribution in [0.15, 0.2) is 21.1 Å². The molecule has 0 saturated heterocycles. The van der Waals surface area contributed by atoms with Gasteiger partial charge in [0, 0.05) is 8.95 Å². The molecule has 0 spiro atoms. The van der Waals surface area contributed by atoms with Crippen molar-refractivity contribution in [2.75, 3.05) is 0 Å². The van der Waals surface area contributed by atoms with Gasteiger partial charge < -0.3 is 4.74 Å². The van der Waals surface area contributed by atoms with E-state index in [0.29, 0.717) is 5.56 Å². The first-order valence-electron chi connectivity index (χ1n) is 4.58. The average molecular weight is 336 g/mol. The van der Waals surface area contributed by atoms with Crippen LogP contribution in [0.3, 0.4) is 0 Å². The van der Waals surface area contributed by atoms with Crippen molar-refractivity contribution in [3.63, 3.8) is 0 Å². The maximum Gasteiger partial charge on any atom is 0.338 e. The fourth-order valence-electron chi connectivity index (χ4n) is 1.13. The summed E-state index contributed by atoms with van der Waals surface area (Å²) in [6.07, 6.45) is -0.0970. The number of hydrogen-bond acceptors (Lipinski definition) is 2. The smallest absolute Gasteiger partial charge is 0.338 e. The van der Waals surface area contributed by atoms with Gasteiger partial charge in [0.15, 0.2) is 0 Å². The van der Waals surface area contributed by atoms with E-state index in [2.05, 4.69) is 31.9 Å². The largest absolute Gasteiger partial charge is 0.459 e. The minimum Gasteiger partial charge on any atom is -0.459 e. The highest BCUT2D eigenvalue weighted by atomic mass is 79.9. The number of esters is 1. The van der Waals surface area contributed by atoms with Crippen molar-refractivity contribution in [1.82, 2.24) is 0 Å². The van der Waals surface area contributed by atoms with Crippen molar-refractivity contribution in [3.8, 4) is 0 Å². The number of halogens is 2. The molecule has 0 aliphatic heterocycles. The predicted molar refractivity (Wildman–Crippen MR) is 67.1 cm³/mol. The third-order valence-corrected chi connectivity index (χ3v) is 4.00. The molecular weight excluding hydrogens is 324 g/mol. The molecule has 15 heavy (non-hydrogen) atoms. The van der Waals surface area contributed by atoms with Crippen LogP contribution in [0.2, 0.25) is 0 Å². The van der Waals surface area contributed by atoms with Gasteiger partial charge in [0.05, 0.1) is 11.7 Å². The van der Waals surface area contributed by atoms with Crippen LogP contribution >= 0.6 is 31.9 Å². The number of ether oxygens (including phenoxy) is 1. The van der Waals surface area contributed by atoms with Gasteiger partial charge in [-0.3, -0.25) is 0 Å². The van der Waals surface area contributed by atoms with Gasteiger partial charge in [-0.25, -0.2) is 4.79 Å². The van der Waals surface area contributed by atoms with Crippen molar-refractivity contribution in [2.45, 2.75) is 26.9 Å². The highest BCUT2D eigenvalue weighted by Gasteiger charge is 2.12. The summed E-state index contributed by atoms with van der Waals surface area (Å²) in [6.45, 7) is 5.60. The Morgan fingerprint density at radius 2 is 1.93 bits per heavy atom. The summed E-state index contributed by atoms with van der Waals surface area (Å²) in [5, 5.41) is 0. The molecule has 0 unspecified atom stereocenters. The summed E-state index contributed by atoms with van der Waals surface area (Å²) in [5.74, 6) is -0.290. The van der Waals surface area contributed by atoms with Gasteiger partial charge in [-0.2, -0.15) is 0 Å². The van der Waals surface area contributed by atoms with E-state index in [0.717, 1.165) is 14.5 Å². The monoisotopic (exact) mass is 334 g/mol. The SMILES string of the molecule is Cc1cc(C(=O)OC(C)C)cc(Br)c1Br. The number of rotatable bonds is 2. The highest BCUT2D eigenvalue weighted by molar-refractivity contribution is 9.13. The van der Waals surface area contributed by atoms with E-state index >= 15 is 0 Å². The predicted octanol–water partition coefficient (Wildman–Crippen LogP) is 4.09. The molecular formula is C11H12Br2O2. The molecule has 0 saturated carbocycles. The van der Waals surface area contributed by atoms with Crippen LogP contribution in [-0.2, 0) is 4.74 Å². The Kier molecular flexibility index (Phi) is 4.34. The van der Waals surface area contributed by atoms with Gasteiger partial charge in [-0.15, -0.1) is 0 Å². The maximum absolute atomic E-state index is 11.6. The van der Waals surface area contributed by atoms with Gasteiger partial charge in [-0.05, 0) is 70.3 Å². The van der Waals surface area contributed by atoms with Gasteiger partial charge in [-0.1, -0.05) is 0 Å². The Morgan fingerprint density at radius 1 is 1.33 bits per heavy atom. The van der Waals surface area contributed by atoms with Gasteiger partial charge in [0.2, 0.25) is 0 Å². The zero-order valence-corrected chi connectivity index (χ0v) is 12.0. The molecule has 0 bridgehead atoms. The molecule has 0 radical (unpaired) electrons. The lowest BCUT2D eigenvalue weighted by molar-refractivity contribution is 0.0377. The molecule has 0 aromatic heterocycles. The van der Waals surface area contributed by atoms with Crippen LogP contribution in [0.1, 0.15) is 29.8 Å². The third kappa shape index (κ3) is 3.31. The van der Waals surface area contributed by atoms with Gasteiger partial charge in [0.25, 0.3) is 0 Å². The maximum atomic E-state index is 11.6. The molecule has 0 heterocycles. The Balaban J connectivity index is 3.01. The molecule has 1 aromatic carbocycles. The molecule has 1 rings (SSSR count). The second-order valence-corrected chi connectivity index (χ2v) is 5.19. The van der Waals surface area contributed by atoms with Gasteiger partial charge >= 0.3 is 5.97 Å². The Labute approximate surface area is 106 Å². The number of carbonyl (C=O) groups excluding carboxylic acids is 1. The Hall–Kier alpha value is -0.350. The number of hydrogen-bond donors (Lipinski definition) is 0. The normalized spacial score (nSPS) is 10.5. The zero-order chi connectivity index (χ0) is 11.6. The van der Waals surface area contributed by atoms with Crippen molar-refractivity contribution < 1.29 is 9.53 Å². The molecule has 0 amide bonds. The number of benzene rings is 1. The van der Waals surface area contributed by atoms with Crippen molar-refractivity contribution >= 4 is 37.8 Å². The standard InChI is InChI=1S/C11H12Br2O2/c1-6(2)15-11(14)8-4-7(3)10(13)9(12)5-8/h4-6H,1-3H3. The van der Waals surface area contributed by atoms with E-state index in [1.807, 2.05) is 20.8 Å². The molecule has 82 valence electrons. The second kappa shape index (κ2) is 5.12. The molecule has 4 heteroatoms. The summed E-state index contributed by atoms with van der Waals surface area (Å²) < 4.78 is 6.93. The van der Waals surface area contributed by atoms with Crippen LogP contribution in [0.4, 0.5) is 0 Å². The minimum absolute atomic E-state index is 0.0970. The number of carbonyl (C=O) groups is 1. The molecule has 0 N–H and O–H groups in total. The Bertz CT molecular complexity index is 363. The first kappa shape index (κ1) is 12.7. The van der Waals surface area contributed by atoms with Crippen LogP contribution in [0.5, 0.6) is 0 Å². The quantitative estimate of drug-likeness (QED) is 0.761. The molecule has 1 aromatic rings. The summed E-state index contributed by atoms with van der Waals surface area (Å²) in [6, 6.07) is 3.56. The average Bonchev–Trinajstić information content (AvgIpc) is 2.12. The van der Waals surface area contributed by atoms with Crippen molar-refractivity contribution in [3.05, 3.63) is 32.2 Å². The van der Waals surface area contributed by atoms with E-state index in [1.54, 1.807) is 12.1 Å². The van der Waals surface area contributed by atoms with E-state index in [4.69, 9.17) is 4.74 Å². The zero-order valence-electron chi connectivity index (χ0n) is 8.80. The number of aryl methyl sites for hydroxylation is 1. The topological polar surface area (TPSA) is 26.3 Å². The van der Waals surface area contributed by atoms with Crippen LogP contribution < -0.4 is 0 Å². The van der Waals surface area contributed by atoms with E-state index in [-0.39, 0.29) is 12.1 Å². The summed E-state index contributed by atoms with van der Waals surface area (Å²) >= 11 is 6.79. The van der Waals surface area contributed by atoms with Crippen molar-refractivity contribution in [2.24, 2.45) is 0 Å². The lowest BCUT2D eigenvalue weighted by atomic mass is 10.1. The third-order valence-electron chi connectivity index (χ3n) is 1.79. The fraction of sp³-hybridized carbons (Fsp3) is 0.364. The van der Waals surface area contributed by atoms with Crippen LogP contribution in [-0.4, -0.2) is 12.1 Å². The lowest BCUT2D eigenvalue weighted by Crippen LogP contribution is -2.11. The second-order valence-electron chi connectivity index (χ2n) is 3.54. The van der Waals surface area contributed by atoms with Crippen LogP contribution in [0.25, 0.3) is 0 Å². The van der Waals surface area contributed by atoms with Crippen LogP contribution in [0, 0.1) is 6.92 Å². The lowest BCUT2D eigenvalue weighted by Gasteiger charge is -2.09. The molecule has 0 atom stereocenters. The minimum atomic E-state index is -0.290. The Morgan fingerprint density at radius 3 is 2.40 bits per heavy atom. The molecule has 0 fully saturated rings. The fourth-order valence-corrected chi connectivity index (χ4v) is 1.91. The van der Waals surface area contributed by atoms with E-state index in [9.17, 15) is 4.79 Å². The summed E-state index contributed by atoms with van der Waals surface area (Å²) in [7, 11) is 0. The molecule has 2 nitrogen and oxygen atoms in total. The molecule has 0 aliphatic rings. The highest BCUT2D eigenvalue weighted by Crippen LogP contribution is 2.28. The first-order valence-corrected chi connectivity index (χ1v) is 6.17. The van der Waals surface area contributed by atoms with Crippen molar-refractivity contribution in [1.29, 1.82) is 0 Å².